The lowest BCUT2D eigenvalue weighted by atomic mass is 9.93. The molecule has 0 spiro atoms. The smallest absolute Gasteiger partial charge is 0.101 e. The van der Waals surface area contributed by atoms with Gasteiger partial charge in [0.1, 0.15) is 5.76 Å². The minimum Gasteiger partial charge on any atom is -0.469 e. The summed E-state index contributed by atoms with van der Waals surface area (Å²) in [5.74, 6) is 0.819. The molecule has 1 N–H and O–H groups in total. The Balaban J connectivity index is 1.77. The first-order valence-corrected chi connectivity index (χ1v) is 6.66. The van der Waals surface area contributed by atoms with E-state index in [1.807, 2.05) is 19.1 Å². The summed E-state index contributed by atoms with van der Waals surface area (Å²) in [5.41, 5.74) is 3.35. The van der Waals surface area contributed by atoms with Crippen LogP contribution >= 0.6 is 0 Å². The lowest BCUT2D eigenvalue weighted by Crippen LogP contribution is -2.18. The van der Waals surface area contributed by atoms with Crippen LogP contribution in [0.2, 0.25) is 0 Å². The highest BCUT2D eigenvalue weighted by Crippen LogP contribution is 2.34. The second-order valence-electron chi connectivity index (χ2n) is 5.05. The average Bonchev–Trinajstić information content (AvgIpc) is 2.86. The molecule has 100 valence electrons. The molecule has 0 bridgehead atoms. The Labute approximate surface area is 112 Å². The largest absolute Gasteiger partial charge is 0.469 e. The van der Waals surface area contributed by atoms with Crippen LogP contribution in [-0.4, -0.2) is 11.7 Å². The van der Waals surface area contributed by atoms with E-state index in [9.17, 15) is 5.11 Å². The number of fused-ring (bicyclic) bond motifs is 1. The summed E-state index contributed by atoms with van der Waals surface area (Å²) in [5, 5.41) is 10.3. The molecular weight excluding hydrogens is 240 g/mol. The van der Waals surface area contributed by atoms with E-state index >= 15 is 0 Å². The number of hydrogen-bond donors (Lipinski definition) is 1. The zero-order chi connectivity index (χ0) is 13.2. The van der Waals surface area contributed by atoms with Gasteiger partial charge in [-0.15, -0.1) is 0 Å². The van der Waals surface area contributed by atoms with E-state index in [4.69, 9.17) is 9.15 Å². The Kier molecular flexibility index (Phi) is 3.40. The van der Waals surface area contributed by atoms with Crippen molar-refractivity contribution in [2.45, 2.75) is 32.0 Å². The van der Waals surface area contributed by atoms with Crippen LogP contribution in [0.25, 0.3) is 0 Å². The van der Waals surface area contributed by atoms with Gasteiger partial charge in [0.2, 0.25) is 0 Å². The standard InChI is InChI=1S/C16H18O3/c1-11-8-13(10-19-11)15(17)9-16-14-5-3-2-4-12(14)6-7-18-16/h2-5,8,10,15-17H,6-7,9H2,1H3. The molecule has 0 radical (unpaired) electrons. The molecule has 0 amide bonds. The zero-order valence-electron chi connectivity index (χ0n) is 11.0. The topological polar surface area (TPSA) is 42.6 Å². The van der Waals surface area contributed by atoms with Crippen molar-refractivity contribution in [1.29, 1.82) is 0 Å². The molecule has 1 aliphatic heterocycles. The van der Waals surface area contributed by atoms with Crippen LogP contribution in [0.4, 0.5) is 0 Å². The quantitative estimate of drug-likeness (QED) is 0.918. The summed E-state index contributed by atoms with van der Waals surface area (Å²) in [7, 11) is 0. The van der Waals surface area contributed by atoms with Gasteiger partial charge in [0.05, 0.1) is 25.1 Å². The first kappa shape index (κ1) is 12.5. The second kappa shape index (κ2) is 5.19. The first-order valence-electron chi connectivity index (χ1n) is 6.66. The first-order chi connectivity index (χ1) is 9.24. The molecule has 0 aliphatic carbocycles. The number of ether oxygens (including phenoxy) is 1. The number of hydrogen-bond acceptors (Lipinski definition) is 3. The van der Waals surface area contributed by atoms with E-state index in [0.29, 0.717) is 6.42 Å². The minimum atomic E-state index is -0.548. The lowest BCUT2D eigenvalue weighted by Gasteiger charge is -2.27. The molecule has 2 aromatic rings. The molecule has 0 fully saturated rings. The highest BCUT2D eigenvalue weighted by atomic mass is 16.5. The van der Waals surface area contributed by atoms with Gasteiger partial charge >= 0.3 is 0 Å². The molecule has 3 nitrogen and oxygen atoms in total. The number of furan rings is 1. The molecule has 3 rings (SSSR count). The summed E-state index contributed by atoms with van der Waals surface area (Å²) < 4.78 is 11.1. The molecule has 0 saturated heterocycles. The summed E-state index contributed by atoms with van der Waals surface area (Å²) in [4.78, 5) is 0. The predicted octanol–water partition coefficient (Wildman–Crippen LogP) is 3.33. The van der Waals surface area contributed by atoms with Gasteiger partial charge in [0.15, 0.2) is 0 Å². The van der Waals surface area contributed by atoms with Crippen molar-refractivity contribution < 1.29 is 14.3 Å². The van der Waals surface area contributed by atoms with Crippen LogP contribution < -0.4 is 0 Å². The van der Waals surface area contributed by atoms with Crippen LogP contribution in [0, 0.1) is 6.92 Å². The van der Waals surface area contributed by atoms with Crippen molar-refractivity contribution in [3.63, 3.8) is 0 Å². The van der Waals surface area contributed by atoms with Crippen molar-refractivity contribution in [3.8, 4) is 0 Å². The predicted molar refractivity (Wildman–Crippen MR) is 71.9 cm³/mol. The minimum absolute atomic E-state index is 0.0323. The number of aryl methyl sites for hydroxylation is 1. The molecule has 0 saturated carbocycles. The molecule has 2 heterocycles. The van der Waals surface area contributed by atoms with Crippen molar-refractivity contribution >= 4 is 0 Å². The maximum absolute atomic E-state index is 10.3. The Hall–Kier alpha value is -1.58. The van der Waals surface area contributed by atoms with E-state index in [1.54, 1.807) is 6.26 Å². The number of benzene rings is 1. The SMILES string of the molecule is Cc1cc(C(O)CC2OCCc3ccccc32)co1. The van der Waals surface area contributed by atoms with E-state index < -0.39 is 6.10 Å². The van der Waals surface area contributed by atoms with Crippen LogP contribution in [-0.2, 0) is 11.2 Å². The molecule has 1 aromatic heterocycles. The number of rotatable bonds is 3. The summed E-state index contributed by atoms with van der Waals surface area (Å²) >= 11 is 0. The van der Waals surface area contributed by atoms with Crippen molar-refractivity contribution in [3.05, 3.63) is 59.0 Å². The maximum atomic E-state index is 10.3. The third kappa shape index (κ3) is 2.57. The molecule has 2 atom stereocenters. The van der Waals surface area contributed by atoms with Gasteiger partial charge < -0.3 is 14.3 Å². The number of aliphatic hydroxyl groups excluding tert-OH is 1. The third-order valence-electron chi connectivity index (χ3n) is 3.67. The maximum Gasteiger partial charge on any atom is 0.101 e. The van der Waals surface area contributed by atoms with Gasteiger partial charge in [-0.2, -0.15) is 0 Å². The van der Waals surface area contributed by atoms with Gasteiger partial charge in [-0.25, -0.2) is 0 Å². The van der Waals surface area contributed by atoms with Gasteiger partial charge in [-0.05, 0) is 30.5 Å². The fourth-order valence-electron chi connectivity index (χ4n) is 2.65. The fourth-order valence-corrected chi connectivity index (χ4v) is 2.65. The Morgan fingerprint density at radius 3 is 3.00 bits per heavy atom. The molecular formula is C16H18O3. The van der Waals surface area contributed by atoms with E-state index in [-0.39, 0.29) is 6.10 Å². The van der Waals surface area contributed by atoms with E-state index in [0.717, 1.165) is 24.4 Å². The summed E-state index contributed by atoms with van der Waals surface area (Å²) in [6, 6.07) is 10.2. The van der Waals surface area contributed by atoms with Gasteiger partial charge in [-0.1, -0.05) is 24.3 Å². The molecule has 2 unspecified atom stereocenters. The second-order valence-corrected chi connectivity index (χ2v) is 5.05. The summed E-state index contributed by atoms with van der Waals surface area (Å²) in [6.45, 7) is 2.60. The molecule has 1 aliphatic rings. The van der Waals surface area contributed by atoms with Crippen LogP contribution in [0.15, 0.2) is 41.0 Å². The Morgan fingerprint density at radius 1 is 1.37 bits per heavy atom. The lowest BCUT2D eigenvalue weighted by molar-refractivity contribution is 0.00366. The highest BCUT2D eigenvalue weighted by Gasteiger charge is 2.24. The van der Waals surface area contributed by atoms with E-state index in [2.05, 4.69) is 18.2 Å². The van der Waals surface area contributed by atoms with Crippen molar-refractivity contribution in [2.75, 3.05) is 6.61 Å². The molecule has 19 heavy (non-hydrogen) atoms. The van der Waals surface area contributed by atoms with E-state index in [1.165, 1.54) is 11.1 Å². The average molecular weight is 258 g/mol. The van der Waals surface area contributed by atoms with Crippen LogP contribution in [0.5, 0.6) is 0 Å². The van der Waals surface area contributed by atoms with Gasteiger partial charge in [-0.3, -0.25) is 0 Å². The summed E-state index contributed by atoms with van der Waals surface area (Å²) in [6.07, 6.45) is 2.56. The molecule has 3 heteroatoms. The van der Waals surface area contributed by atoms with Crippen molar-refractivity contribution in [1.82, 2.24) is 0 Å². The Bertz CT molecular complexity index is 559. The third-order valence-corrected chi connectivity index (χ3v) is 3.67. The fraction of sp³-hybridized carbons (Fsp3) is 0.375. The highest BCUT2D eigenvalue weighted by molar-refractivity contribution is 5.31. The van der Waals surface area contributed by atoms with Crippen LogP contribution in [0.3, 0.4) is 0 Å². The molecule has 1 aromatic carbocycles. The Morgan fingerprint density at radius 2 is 2.21 bits per heavy atom. The normalized spacial score (nSPS) is 20.0. The van der Waals surface area contributed by atoms with Crippen molar-refractivity contribution in [2.24, 2.45) is 0 Å². The van der Waals surface area contributed by atoms with Gasteiger partial charge in [0, 0.05) is 12.0 Å². The zero-order valence-corrected chi connectivity index (χ0v) is 11.0. The van der Waals surface area contributed by atoms with Gasteiger partial charge in [0.25, 0.3) is 0 Å². The monoisotopic (exact) mass is 258 g/mol. The van der Waals surface area contributed by atoms with Crippen LogP contribution in [0.1, 0.15) is 41.1 Å². The number of aliphatic hydroxyl groups is 1.